The maximum absolute atomic E-state index is 12.8. The van der Waals surface area contributed by atoms with Gasteiger partial charge >= 0.3 is 0 Å². The second kappa shape index (κ2) is 7.43. The van der Waals surface area contributed by atoms with Crippen molar-refractivity contribution in [2.24, 2.45) is 5.92 Å². The zero-order valence-corrected chi connectivity index (χ0v) is 16.3. The van der Waals surface area contributed by atoms with Crippen molar-refractivity contribution >= 4 is 5.91 Å². The maximum atomic E-state index is 12.8. The van der Waals surface area contributed by atoms with Gasteiger partial charge in [0, 0.05) is 56.2 Å². The van der Waals surface area contributed by atoms with Crippen molar-refractivity contribution < 1.29 is 9.32 Å². The molecular formula is C20H26N4O4. The van der Waals surface area contributed by atoms with E-state index in [1.807, 2.05) is 35.7 Å². The number of aromatic amines is 1. The number of rotatable bonds is 5. The molecule has 1 saturated heterocycles. The lowest BCUT2D eigenvalue weighted by molar-refractivity contribution is -0.134. The van der Waals surface area contributed by atoms with Crippen molar-refractivity contribution in [1.29, 1.82) is 0 Å². The number of nitrogens with zero attached hydrogens (tertiary/aromatic N) is 3. The number of H-pyrrole nitrogens is 1. The van der Waals surface area contributed by atoms with Gasteiger partial charge in [0.05, 0.1) is 6.04 Å². The lowest BCUT2D eigenvalue weighted by Gasteiger charge is -2.47. The summed E-state index contributed by atoms with van der Waals surface area (Å²) in [5.74, 6) is 0.995. The molecule has 0 aliphatic carbocycles. The molecule has 4 heterocycles. The summed E-state index contributed by atoms with van der Waals surface area (Å²) in [4.78, 5) is 40.6. The first-order valence-electron chi connectivity index (χ1n) is 9.73. The standard InChI is InChI=1S/C20H26N4O4/c1-22(2)12-17-14-8-13(16-4-3-5-20(27)24(16)17)10-23(11-14)19(26)7-6-15-9-18(25)21-28-15/h3-5,9,13-14,17H,6-8,10-12H2,1-2H3,(H,21,25)/t13-,14+,17+/m1/s1. The molecule has 0 spiro atoms. The van der Waals surface area contributed by atoms with Crippen LogP contribution in [0.15, 0.2) is 38.4 Å². The summed E-state index contributed by atoms with van der Waals surface area (Å²) in [6.45, 7) is 2.06. The average Bonchev–Trinajstić information content (AvgIpc) is 3.08. The number of pyridine rings is 1. The van der Waals surface area contributed by atoms with Gasteiger partial charge < -0.3 is 18.9 Å². The van der Waals surface area contributed by atoms with Crippen molar-refractivity contribution in [2.45, 2.75) is 31.2 Å². The van der Waals surface area contributed by atoms with Gasteiger partial charge in [-0.25, -0.2) is 0 Å². The van der Waals surface area contributed by atoms with Gasteiger partial charge in [-0.3, -0.25) is 14.4 Å². The van der Waals surface area contributed by atoms with Crippen LogP contribution in [0.4, 0.5) is 0 Å². The minimum Gasteiger partial charge on any atom is -0.384 e. The van der Waals surface area contributed by atoms with Gasteiger partial charge in [-0.2, -0.15) is 5.16 Å². The molecule has 1 N–H and O–H groups in total. The summed E-state index contributed by atoms with van der Waals surface area (Å²) in [5.41, 5.74) is 0.787. The third kappa shape index (κ3) is 3.56. The Hall–Kier alpha value is -2.61. The number of likely N-dealkylation sites (N-methyl/N-ethyl adjacent to an activating group) is 1. The van der Waals surface area contributed by atoms with E-state index in [9.17, 15) is 14.4 Å². The number of nitrogens with one attached hydrogen (secondary N) is 1. The Kier molecular flexibility index (Phi) is 4.97. The molecule has 2 aromatic heterocycles. The molecule has 8 nitrogen and oxygen atoms in total. The molecule has 28 heavy (non-hydrogen) atoms. The maximum Gasteiger partial charge on any atom is 0.280 e. The van der Waals surface area contributed by atoms with Crippen LogP contribution in [-0.4, -0.2) is 59.2 Å². The molecule has 2 aliphatic heterocycles. The molecule has 4 rings (SSSR count). The smallest absolute Gasteiger partial charge is 0.280 e. The largest absolute Gasteiger partial charge is 0.384 e. The van der Waals surface area contributed by atoms with Crippen molar-refractivity contribution in [3.05, 3.63) is 56.4 Å². The van der Waals surface area contributed by atoms with Gasteiger partial charge in [0.25, 0.3) is 11.1 Å². The number of likely N-dealkylation sites (tertiary alicyclic amines) is 1. The van der Waals surface area contributed by atoms with Crippen LogP contribution >= 0.6 is 0 Å². The number of carbonyl (C=O) groups excluding carboxylic acids is 1. The summed E-state index contributed by atoms with van der Waals surface area (Å²) < 4.78 is 7.00. The van der Waals surface area contributed by atoms with E-state index in [0.717, 1.165) is 18.7 Å². The van der Waals surface area contributed by atoms with E-state index in [0.29, 0.717) is 31.7 Å². The van der Waals surface area contributed by atoms with Crippen LogP contribution in [0.5, 0.6) is 0 Å². The summed E-state index contributed by atoms with van der Waals surface area (Å²) in [6, 6.07) is 6.91. The summed E-state index contributed by atoms with van der Waals surface area (Å²) in [7, 11) is 4.02. The van der Waals surface area contributed by atoms with Crippen LogP contribution in [0.1, 0.15) is 36.3 Å². The Morgan fingerprint density at radius 1 is 1.29 bits per heavy atom. The first-order valence-corrected chi connectivity index (χ1v) is 9.73. The van der Waals surface area contributed by atoms with Crippen LogP contribution in [0.3, 0.4) is 0 Å². The van der Waals surface area contributed by atoms with Crippen LogP contribution < -0.4 is 11.1 Å². The predicted molar refractivity (Wildman–Crippen MR) is 103 cm³/mol. The zero-order chi connectivity index (χ0) is 19.8. The highest BCUT2D eigenvalue weighted by Crippen LogP contribution is 2.41. The fourth-order valence-corrected chi connectivity index (χ4v) is 4.69. The van der Waals surface area contributed by atoms with E-state index in [4.69, 9.17) is 4.52 Å². The first kappa shape index (κ1) is 18.7. The Morgan fingerprint density at radius 3 is 2.82 bits per heavy atom. The molecule has 150 valence electrons. The summed E-state index contributed by atoms with van der Waals surface area (Å²) in [6.07, 6.45) is 1.71. The topological polar surface area (TPSA) is 91.6 Å². The van der Waals surface area contributed by atoms with E-state index in [2.05, 4.69) is 10.1 Å². The fourth-order valence-electron chi connectivity index (χ4n) is 4.69. The van der Waals surface area contributed by atoms with Crippen LogP contribution in [0.25, 0.3) is 0 Å². The Balaban J connectivity index is 1.55. The second-order valence-corrected chi connectivity index (χ2v) is 8.16. The molecule has 8 heteroatoms. The Labute approximate surface area is 162 Å². The number of hydrogen-bond donors (Lipinski definition) is 1. The normalized spacial score (nSPS) is 23.7. The van der Waals surface area contributed by atoms with Crippen molar-refractivity contribution in [2.75, 3.05) is 33.7 Å². The monoisotopic (exact) mass is 386 g/mol. The molecule has 2 aliphatic rings. The van der Waals surface area contributed by atoms with Gasteiger partial charge in [0.2, 0.25) is 5.91 Å². The molecule has 0 unspecified atom stereocenters. The predicted octanol–water partition coefficient (Wildman–Crippen LogP) is 0.811. The van der Waals surface area contributed by atoms with Gasteiger partial charge in [-0.15, -0.1) is 0 Å². The van der Waals surface area contributed by atoms with Crippen LogP contribution in [0.2, 0.25) is 0 Å². The van der Waals surface area contributed by atoms with Gasteiger partial charge in [-0.05, 0) is 32.5 Å². The number of amides is 1. The highest BCUT2D eigenvalue weighted by molar-refractivity contribution is 5.76. The van der Waals surface area contributed by atoms with E-state index < -0.39 is 0 Å². The molecule has 0 aromatic carbocycles. The van der Waals surface area contributed by atoms with E-state index >= 15 is 0 Å². The number of aryl methyl sites for hydroxylation is 1. The fraction of sp³-hybridized carbons (Fsp3) is 0.550. The first-order chi connectivity index (χ1) is 13.4. The average molecular weight is 386 g/mol. The van der Waals surface area contributed by atoms with E-state index in [1.54, 1.807) is 6.07 Å². The molecule has 0 saturated carbocycles. The van der Waals surface area contributed by atoms with E-state index in [-0.39, 0.29) is 34.9 Å². The highest BCUT2D eigenvalue weighted by atomic mass is 16.5. The van der Waals surface area contributed by atoms with Crippen molar-refractivity contribution in [3.63, 3.8) is 0 Å². The lowest BCUT2D eigenvalue weighted by atomic mass is 9.78. The number of fused-ring (bicyclic) bond motifs is 4. The molecule has 2 bridgehead atoms. The second-order valence-electron chi connectivity index (χ2n) is 8.16. The lowest BCUT2D eigenvalue weighted by Crippen LogP contribution is -2.52. The minimum atomic E-state index is -0.288. The third-order valence-electron chi connectivity index (χ3n) is 5.86. The SMILES string of the molecule is CN(C)C[C@H]1[C@H]2C[C@H](CN(C(=O)CCc3cc(=O)[nH]o3)C2)c2cccc(=O)n21. The number of carbonyl (C=O) groups is 1. The van der Waals surface area contributed by atoms with Crippen molar-refractivity contribution in [3.8, 4) is 0 Å². The molecule has 3 atom stereocenters. The molecular weight excluding hydrogens is 360 g/mol. The minimum absolute atomic E-state index is 0.0429. The Bertz CT molecular complexity index is 973. The summed E-state index contributed by atoms with van der Waals surface area (Å²) >= 11 is 0. The zero-order valence-electron chi connectivity index (χ0n) is 16.3. The highest BCUT2D eigenvalue weighted by Gasteiger charge is 2.41. The third-order valence-corrected chi connectivity index (χ3v) is 5.86. The van der Waals surface area contributed by atoms with Crippen molar-refractivity contribution in [1.82, 2.24) is 19.5 Å². The van der Waals surface area contributed by atoms with Gasteiger partial charge in [-0.1, -0.05) is 6.07 Å². The quantitative estimate of drug-likeness (QED) is 0.821. The molecule has 1 fully saturated rings. The van der Waals surface area contributed by atoms with Crippen LogP contribution in [-0.2, 0) is 11.2 Å². The van der Waals surface area contributed by atoms with Gasteiger partial charge in [0.15, 0.2) is 0 Å². The Morgan fingerprint density at radius 2 is 2.11 bits per heavy atom. The molecule has 1 amide bonds. The molecule has 0 radical (unpaired) electrons. The summed E-state index contributed by atoms with van der Waals surface area (Å²) in [5, 5.41) is 2.25. The number of aromatic nitrogens is 2. The number of hydrogen-bond acceptors (Lipinski definition) is 5. The number of piperidine rings is 1. The van der Waals surface area contributed by atoms with Crippen LogP contribution in [0, 0.1) is 5.92 Å². The van der Waals surface area contributed by atoms with E-state index in [1.165, 1.54) is 6.07 Å². The van der Waals surface area contributed by atoms with Gasteiger partial charge in [0.1, 0.15) is 5.76 Å². The molecule has 2 aromatic rings.